The van der Waals surface area contributed by atoms with Crippen molar-refractivity contribution in [3.05, 3.63) is 42.2 Å². The summed E-state index contributed by atoms with van der Waals surface area (Å²) in [6, 6.07) is 4.77. The van der Waals surface area contributed by atoms with E-state index < -0.39 is 5.82 Å². The van der Waals surface area contributed by atoms with Crippen LogP contribution in [0.3, 0.4) is 0 Å². The zero-order chi connectivity index (χ0) is 13.0. The number of phenols is 1. The molecular formula is C14H21Cl2FN2O. The molecule has 2 N–H and O–H groups in total. The van der Waals surface area contributed by atoms with Crippen molar-refractivity contribution in [2.24, 2.45) is 0 Å². The second-order valence-electron chi connectivity index (χ2n) is 4.54. The Balaban J connectivity index is 0.00000180. The maximum absolute atomic E-state index is 13.4. The first-order valence-electron chi connectivity index (χ1n) is 6.26. The van der Waals surface area contributed by atoms with Crippen LogP contribution in [0.25, 0.3) is 0 Å². The molecule has 0 aromatic heterocycles. The summed E-state index contributed by atoms with van der Waals surface area (Å²) in [5.41, 5.74) is 0.895. The van der Waals surface area contributed by atoms with Gasteiger partial charge in [0.25, 0.3) is 0 Å². The average Bonchev–Trinajstić information content (AvgIpc) is 2.40. The van der Waals surface area contributed by atoms with E-state index in [4.69, 9.17) is 0 Å². The Morgan fingerprint density at radius 2 is 2.00 bits per heavy atom. The Labute approximate surface area is 131 Å². The zero-order valence-electron chi connectivity index (χ0n) is 11.2. The molecule has 0 amide bonds. The molecule has 3 nitrogen and oxygen atoms in total. The van der Waals surface area contributed by atoms with Crippen LogP contribution in [0, 0.1) is 5.82 Å². The number of hydrogen-bond donors (Lipinski definition) is 2. The highest BCUT2D eigenvalue weighted by atomic mass is 35.5. The molecule has 1 fully saturated rings. The second-order valence-corrected chi connectivity index (χ2v) is 4.54. The molecule has 20 heavy (non-hydrogen) atoms. The molecule has 0 spiro atoms. The molecule has 1 saturated heterocycles. The molecule has 114 valence electrons. The van der Waals surface area contributed by atoms with Crippen LogP contribution in [-0.2, 0) is 0 Å². The molecule has 0 unspecified atom stereocenters. The van der Waals surface area contributed by atoms with Crippen LogP contribution < -0.4 is 5.32 Å². The highest BCUT2D eigenvalue weighted by Crippen LogP contribution is 2.28. The summed E-state index contributed by atoms with van der Waals surface area (Å²) in [6.07, 6.45) is 2.64. The van der Waals surface area contributed by atoms with Crippen molar-refractivity contribution in [2.45, 2.75) is 12.5 Å². The Morgan fingerprint density at radius 3 is 2.55 bits per heavy atom. The lowest BCUT2D eigenvalue weighted by Crippen LogP contribution is -2.45. The maximum atomic E-state index is 13.4. The normalized spacial score (nSPS) is 16.6. The lowest BCUT2D eigenvalue weighted by molar-refractivity contribution is 0.174. The van der Waals surface area contributed by atoms with E-state index >= 15 is 0 Å². The number of phenolic OH excluding ortho intramolecular Hbond substituents is 1. The third-order valence-corrected chi connectivity index (χ3v) is 3.34. The van der Waals surface area contributed by atoms with Crippen LogP contribution in [0.5, 0.6) is 5.75 Å². The van der Waals surface area contributed by atoms with Crippen LogP contribution in [0.15, 0.2) is 30.9 Å². The lowest BCUT2D eigenvalue weighted by Gasteiger charge is -2.34. The summed E-state index contributed by atoms with van der Waals surface area (Å²) in [7, 11) is 0. The maximum Gasteiger partial charge on any atom is 0.165 e. The summed E-state index contributed by atoms with van der Waals surface area (Å²) in [6.45, 7) is 7.57. The van der Waals surface area contributed by atoms with Crippen molar-refractivity contribution in [3.8, 4) is 5.75 Å². The van der Waals surface area contributed by atoms with E-state index in [9.17, 15) is 9.50 Å². The Bertz CT molecular complexity index is 426. The molecule has 1 heterocycles. The summed E-state index contributed by atoms with van der Waals surface area (Å²) in [5.74, 6) is -0.854. The first kappa shape index (κ1) is 19.2. The minimum absolute atomic E-state index is 0. The highest BCUT2D eigenvalue weighted by Gasteiger charge is 2.21. The Morgan fingerprint density at radius 1 is 1.35 bits per heavy atom. The van der Waals surface area contributed by atoms with Gasteiger partial charge in [0.15, 0.2) is 11.6 Å². The van der Waals surface area contributed by atoms with Gasteiger partial charge in [-0.1, -0.05) is 12.1 Å². The number of halogens is 3. The van der Waals surface area contributed by atoms with E-state index in [1.54, 1.807) is 6.07 Å². The van der Waals surface area contributed by atoms with Crippen molar-refractivity contribution >= 4 is 24.8 Å². The standard InChI is InChI=1S/C14H19FN2O.2ClH/c1-2-3-13(17-8-6-16-7-9-17)11-4-5-14(18)12(15)10-11;;/h2,4-5,10,13,16,18H,1,3,6-9H2;2*1H/t13-;;/m1../s1. The van der Waals surface area contributed by atoms with Crippen molar-refractivity contribution in [1.82, 2.24) is 10.2 Å². The van der Waals surface area contributed by atoms with E-state index in [1.165, 1.54) is 12.1 Å². The molecule has 1 aliphatic heterocycles. The van der Waals surface area contributed by atoms with Gasteiger partial charge in [-0.2, -0.15) is 0 Å². The number of piperazine rings is 1. The molecule has 0 radical (unpaired) electrons. The largest absolute Gasteiger partial charge is 0.505 e. The molecule has 0 saturated carbocycles. The lowest BCUT2D eigenvalue weighted by atomic mass is 10.0. The Kier molecular flexibility index (Phi) is 8.81. The summed E-state index contributed by atoms with van der Waals surface area (Å²) in [5, 5.41) is 12.5. The van der Waals surface area contributed by atoms with Crippen LogP contribution in [0.4, 0.5) is 4.39 Å². The summed E-state index contributed by atoms with van der Waals surface area (Å²) in [4.78, 5) is 2.32. The van der Waals surface area contributed by atoms with E-state index in [0.717, 1.165) is 38.2 Å². The quantitative estimate of drug-likeness (QED) is 0.837. The van der Waals surface area contributed by atoms with Crippen LogP contribution >= 0.6 is 24.8 Å². The van der Waals surface area contributed by atoms with Crippen LogP contribution in [0.1, 0.15) is 18.0 Å². The monoisotopic (exact) mass is 322 g/mol. The second kappa shape index (κ2) is 9.19. The number of hydrogen-bond acceptors (Lipinski definition) is 3. The average molecular weight is 323 g/mol. The molecule has 2 rings (SSSR count). The van der Waals surface area contributed by atoms with E-state index in [1.807, 2.05) is 6.08 Å². The molecule has 6 heteroatoms. The third kappa shape index (κ3) is 4.63. The highest BCUT2D eigenvalue weighted by molar-refractivity contribution is 5.85. The predicted molar refractivity (Wildman–Crippen MR) is 84.6 cm³/mol. The first-order valence-corrected chi connectivity index (χ1v) is 6.26. The first-order chi connectivity index (χ1) is 8.72. The Hall–Kier alpha value is -0.810. The van der Waals surface area contributed by atoms with Gasteiger partial charge in [-0.05, 0) is 24.1 Å². The van der Waals surface area contributed by atoms with Gasteiger partial charge >= 0.3 is 0 Å². The zero-order valence-corrected chi connectivity index (χ0v) is 12.9. The molecule has 1 aliphatic rings. The summed E-state index contributed by atoms with van der Waals surface area (Å²) < 4.78 is 13.4. The fraction of sp³-hybridized carbons (Fsp3) is 0.429. The molecule has 1 aromatic carbocycles. The number of rotatable bonds is 4. The van der Waals surface area contributed by atoms with Crippen molar-refractivity contribution in [3.63, 3.8) is 0 Å². The van der Waals surface area contributed by atoms with Crippen LogP contribution in [0.2, 0.25) is 0 Å². The molecule has 0 aliphatic carbocycles. The number of aromatic hydroxyl groups is 1. The minimum atomic E-state index is -0.559. The van der Waals surface area contributed by atoms with Gasteiger partial charge in [-0.15, -0.1) is 31.4 Å². The van der Waals surface area contributed by atoms with Gasteiger partial charge in [0.05, 0.1) is 0 Å². The molecular weight excluding hydrogens is 302 g/mol. The number of nitrogens with zero attached hydrogens (tertiary/aromatic N) is 1. The third-order valence-electron chi connectivity index (χ3n) is 3.34. The van der Waals surface area contributed by atoms with Gasteiger partial charge in [0, 0.05) is 32.2 Å². The fourth-order valence-corrected chi connectivity index (χ4v) is 2.38. The smallest absolute Gasteiger partial charge is 0.165 e. The van der Waals surface area contributed by atoms with E-state index in [-0.39, 0.29) is 36.6 Å². The van der Waals surface area contributed by atoms with Crippen molar-refractivity contribution < 1.29 is 9.50 Å². The summed E-state index contributed by atoms with van der Waals surface area (Å²) >= 11 is 0. The van der Waals surface area contributed by atoms with Gasteiger partial charge < -0.3 is 10.4 Å². The molecule has 1 atom stereocenters. The van der Waals surface area contributed by atoms with Gasteiger partial charge in [0.2, 0.25) is 0 Å². The molecule has 0 bridgehead atoms. The number of nitrogens with one attached hydrogen (secondary N) is 1. The SMILES string of the molecule is C=CC[C@H](c1ccc(O)c(F)c1)N1CCNCC1.Cl.Cl. The van der Waals surface area contributed by atoms with Gasteiger partial charge in [0.1, 0.15) is 0 Å². The van der Waals surface area contributed by atoms with Gasteiger partial charge in [-0.3, -0.25) is 4.90 Å². The van der Waals surface area contributed by atoms with Crippen molar-refractivity contribution in [1.29, 1.82) is 0 Å². The minimum Gasteiger partial charge on any atom is -0.505 e. The topological polar surface area (TPSA) is 35.5 Å². The van der Waals surface area contributed by atoms with Gasteiger partial charge in [-0.25, -0.2) is 4.39 Å². The van der Waals surface area contributed by atoms with E-state index in [2.05, 4.69) is 16.8 Å². The fourth-order valence-electron chi connectivity index (χ4n) is 2.38. The molecule has 1 aromatic rings. The van der Waals surface area contributed by atoms with E-state index in [0.29, 0.717) is 0 Å². The predicted octanol–water partition coefficient (Wildman–Crippen LogP) is 2.90. The van der Waals surface area contributed by atoms with Crippen molar-refractivity contribution in [2.75, 3.05) is 26.2 Å². The van der Waals surface area contributed by atoms with Crippen LogP contribution in [-0.4, -0.2) is 36.2 Å². The number of benzene rings is 1.